The molecule has 0 radical (unpaired) electrons. The molecule has 0 amide bonds. The normalized spacial score (nSPS) is 17.5. The molecule has 0 unspecified atom stereocenters. The highest BCUT2D eigenvalue weighted by Crippen LogP contribution is 2.48. The van der Waals surface area contributed by atoms with E-state index in [0.29, 0.717) is 52.5 Å². The molecule has 2 aromatic rings. The van der Waals surface area contributed by atoms with Gasteiger partial charge in [0.25, 0.3) is 0 Å². The number of hydrogen-bond donors (Lipinski definition) is 1. The Morgan fingerprint density at radius 1 is 0.971 bits per heavy atom. The van der Waals surface area contributed by atoms with E-state index in [4.69, 9.17) is 18.9 Å². The van der Waals surface area contributed by atoms with E-state index in [0.717, 1.165) is 24.1 Å². The molecule has 1 atom stereocenters. The van der Waals surface area contributed by atoms with Gasteiger partial charge in [-0.25, -0.2) is 4.79 Å². The third-order valence-electron chi connectivity index (χ3n) is 6.51. The van der Waals surface area contributed by atoms with Gasteiger partial charge in [0.15, 0.2) is 17.3 Å². The maximum Gasteiger partial charge on any atom is 0.336 e. The van der Waals surface area contributed by atoms with Crippen molar-refractivity contribution >= 4 is 11.8 Å². The summed E-state index contributed by atoms with van der Waals surface area (Å²) in [6, 6.07) is 13.4. The Kier molecular flexibility index (Phi) is 7.44. The maximum absolute atomic E-state index is 13.5. The molecular formula is C28H31NO6. The van der Waals surface area contributed by atoms with Crippen molar-refractivity contribution < 1.29 is 28.5 Å². The predicted molar refractivity (Wildman–Crippen MR) is 132 cm³/mol. The molecule has 35 heavy (non-hydrogen) atoms. The van der Waals surface area contributed by atoms with E-state index in [2.05, 4.69) is 5.32 Å². The number of ether oxygens (including phenoxy) is 4. The Morgan fingerprint density at radius 3 is 2.34 bits per heavy atom. The molecule has 7 heteroatoms. The van der Waals surface area contributed by atoms with Crippen LogP contribution in [0.15, 0.2) is 65.0 Å². The quantitative estimate of drug-likeness (QED) is 0.562. The van der Waals surface area contributed by atoms with E-state index in [1.807, 2.05) is 37.3 Å². The van der Waals surface area contributed by atoms with Crippen molar-refractivity contribution in [3.8, 4) is 17.2 Å². The first-order chi connectivity index (χ1) is 17.0. The highest BCUT2D eigenvalue weighted by Gasteiger charge is 2.41. The number of carbonyl (C=O) groups excluding carboxylic acids is 2. The van der Waals surface area contributed by atoms with E-state index in [-0.39, 0.29) is 12.4 Å². The monoisotopic (exact) mass is 477 g/mol. The summed E-state index contributed by atoms with van der Waals surface area (Å²) in [5.74, 6) is 0.404. The first kappa shape index (κ1) is 24.4. The molecule has 1 N–H and O–H groups in total. The number of methoxy groups -OCH3 is 3. The molecule has 0 saturated heterocycles. The average Bonchev–Trinajstić information content (AvgIpc) is 2.87. The number of rotatable bonds is 8. The molecule has 2 aliphatic rings. The molecule has 0 fully saturated rings. The smallest absolute Gasteiger partial charge is 0.336 e. The Balaban J connectivity index is 1.75. The van der Waals surface area contributed by atoms with Gasteiger partial charge in [-0.3, -0.25) is 4.79 Å². The predicted octanol–water partition coefficient (Wildman–Crippen LogP) is 4.47. The summed E-state index contributed by atoms with van der Waals surface area (Å²) in [5, 5.41) is 3.32. The van der Waals surface area contributed by atoms with Gasteiger partial charge in [-0.05, 0) is 31.4 Å². The molecule has 0 spiro atoms. The number of nitrogens with one attached hydrogen (secondary N) is 1. The number of ketones is 1. The van der Waals surface area contributed by atoms with Crippen molar-refractivity contribution in [1.29, 1.82) is 0 Å². The van der Waals surface area contributed by atoms with E-state index in [9.17, 15) is 9.59 Å². The Morgan fingerprint density at radius 2 is 1.66 bits per heavy atom. The van der Waals surface area contributed by atoms with Crippen LogP contribution >= 0.6 is 0 Å². The zero-order valence-electron chi connectivity index (χ0n) is 20.6. The van der Waals surface area contributed by atoms with E-state index >= 15 is 0 Å². The standard InChI is InChI=1S/C28H31NO6/c1-17-25(28(31)35-14-13-18-9-6-5-7-10-18)26(27-20(29-17)11-8-12-21(27)30)19-15-23(33-3)24(34-4)16-22(19)32-2/h5-7,9-10,15-16,26,29H,8,11-14H2,1-4H3/t26-/m0/s1. The third kappa shape index (κ3) is 4.90. The van der Waals surface area contributed by atoms with Gasteiger partial charge in [-0.2, -0.15) is 0 Å². The Bertz CT molecular complexity index is 1180. The van der Waals surface area contributed by atoms with Crippen LogP contribution in [0.5, 0.6) is 17.2 Å². The highest BCUT2D eigenvalue weighted by atomic mass is 16.5. The van der Waals surface area contributed by atoms with Gasteiger partial charge in [0.1, 0.15) is 5.75 Å². The fourth-order valence-electron chi connectivity index (χ4n) is 4.83. The van der Waals surface area contributed by atoms with Crippen LogP contribution in [0.2, 0.25) is 0 Å². The molecular weight excluding hydrogens is 446 g/mol. The Hall–Kier alpha value is -3.74. The fraction of sp³-hybridized carbons (Fsp3) is 0.357. The lowest BCUT2D eigenvalue weighted by atomic mass is 9.75. The van der Waals surface area contributed by atoms with Gasteiger partial charge < -0.3 is 24.3 Å². The van der Waals surface area contributed by atoms with Crippen molar-refractivity contribution in [2.45, 2.75) is 38.5 Å². The number of allylic oxidation sites excluding steroid dienone is 3. The van der Waals surface area contributed by atoms with Gasteiger partial charge in [-0.1, -0.05) is 30.3 Å². The van der Waals surface area contributed by atoms with E-state index in [1.165, 1.54) is 0 Å². The molecule has 0 aromatic heterocycles. The molecule has 184 valence electrons. The number of carbonyl (C=O) groups is 2. The molecule has 7 nitrogen and oxygen atoms in total. The van der Waals surface area contributed by atoms with Crippen LogP contribution in [0.3, 0.4) is 0 Å². The lowest BCUT2D eigenvalue weighted by molar-refractivity contribution is -0.139. The molecule has 1 aliphatic heterocycles. The van der Waals surface area contributed by atoms with Gasteiger partial charge in [0.2, 0.25) is 0 Å². The largest absolute Gasteiger partial charge is 0.496 e. The van der Waals surface area contributed by atoms with Crippen LogP contribution in [0, 0.1) is 0 Å². The molecule has 2 aromatic carbocycles. The van der Waals surface area contributed by atoms with E-state index < -0.39 is 11.9 Å². The van der Waals surface area contributed by atoms with Gasteiger partial charge in [0.05, 0.1) is 39.4 Å². The van der Waals surface area contributed by atoms with Crippen LogP contribution < -0.4 is 19.5 Å². The second kappa shape index (κ2) is 10.7. The van der Waals surface area contributed by atoms with Crippen LogP contribution in [0.25, 0.3) is 0 Å². The topological polar surface area (TPSA) is 83.1 Å². The minimum Gasteiger partial charge on any atom is -0.496 e. The fourth-order valence-corrected chi connectivity index (χ4v) is 4.83. The molecule has 1 aliphatic carbocycles. The van der Waals surface area contributed by atoms with E-state index in [1.54, 1.807) is 33.5 Å². The number of Topliss-reactive ketones (excluding diaryl/α,β-unsaturated/α-hetero) is 1. The van der Waals surface area contributed by atoms with Crippen LogP contribution in [-0.4, -0.2) is 39.7 Å². The zero-order valence-corrected chi connectivity index (χ0v) is 20.6. The van der Waals surface area contributed by atoms with Gasteiger partial charge in [-0.15, -0.1) is 0 Å². The van der Waals surface area contributed by atoms with Gasteiger partial charge >= 0.3 is 5.97 Å². The van der Waals surface area contributed by atoms with Crippen molar-refractivity contribution in [3.05, 3.63) is 76.1 Å². The molecule has 0 bridgehead atoms. The summed E-state index contributed by atoms with van der Waals surface area (Å²) in [6.07, 6.45) is 2.54. The van der Waals surface area contributed by atoms with Crippen molar-refractivity contribution in [1.82, 2.24) is 5.32 Å². The first-order valence-corrected chi connectivity index (χ1v) is 11.7. The van der Waals surface area contributed by atoms with Crippen LogP contribution in [0.4, 0.5) is 0 Å². The first-order valence-electron chi connectivity index (χ1n) is 11.7. The minimum atomic E-state index is -0.641. The molecule has 4 rings (SSSR count). The SMILES string of the molecule is COc1cc(OC)c([C@H]2C(C(=O)OCCc3ccccc3)=C(C)NC3=C2C(=O)CCC3)cc1OC. The number of benzene rings is 2. The van der Waals surface area contributed by atoms with Crippen LogP contribution in [-0.2, 0) is 20.7 Å². The second-order valence-corrected chi connectivity index (χ2v) is 8.59. The minimum absolute atomic E-state index is 0.0164. The van der Waals surface area contributed by atoms with Crippen molar-refractivity contribution in [3.63, 3.8) is 0 Å². The number of dihydropyridines is 1. The van der Waals surface area contributed by atoms with Gasteiger partial charge in [0, 0.05) is 41.4 Å². The summed E-state index contributed by atoms with van der Waals surface area (Å²) in [6.45, 7) is 2.08. The summed E-state index contributed by atoms with van der Waals surface area (Å²) >= 11 is 0. The zero-order chi connectivity index (χ0) is 24.9. The van der Waals surface area contributed by atoms with Crippen LogP contribution in [0.1, 0.15) is 43.2 Å². The lowest BCUT2D eigenvalue weighted by Crippen LogP contribution is -2.34. The number of esters is 1. The molecule has 0 saturated carbocycles. The van der Waals surface area contributed by atoms with Crippen molar-refractivity contribution in [2.24, 2.45) is 0 Å². The lowest BCUT2D eigenvalue weighted by Gasteiger charge is -2.34. The second-order valence-electron chi connectivity index (χ2n) is 8.59. The summed E-state index contributed by atoms with van der Waals surface area (Å²) in [5.41, 5.74) is 4.24. The Labute approximate surface area is 205 Å². The highest BCUT2D eigenvalue weighted by molar-refractivity contribution is 6.04. The third-order valence-corrected chi connectivity index (χ3v) is 6.51. The summed E-state index contributed by atoms with van der Waals surface area (Å²) < 4.78 is 22.4. The molecule has 1 heterocycles. The average molecular weight is 478 g/mol. The van der Waals surface area contributed by atoms with Crippen molar-refractivity contribution in [2.75, 3.05) is 27.9 Å². The summed E-state index contributed by atoms with van der Waals surface area (Å²) in [4.78, 5) is 26.7. The number of hydrogen-bond acceptors (Lipinski definition) is 7. The summed E-state index contributed by atoms with van der Waals surface area (Å²) in [7, 11) is 4.65. The maximum atomic E-state index is 13.5.